The van der Waals surface area contributed by atoms with E-state index in [4.69, 9.17) is 4.74 Å². The first-order valence-electron chi connectivity index (χ1n) is 5.22. The predicted molar refractivity (Wildman–Crippen MR) is 69.5 cm³/mol. The molecular weight excluding hydrogens is 268 g/mol. The van der Waals surface area contributed by atoms with Crippen molar-refractivity contribution in [1.82, 2.24) is 0 Å². The Labute approximate surface area is 103 Å². The molecule has 3 heteroatoms. The average Bonchev–Trinajstić information content (AvgIpc) is 2.33. The van der Waals surface area contributed by atoms with Crippen LogP contribution in [-0.4, -0.2) is 17.0 Å². The topological polar surface area (TPSA) is 29.5 Å². The molecule has 0 atom stereocenters. The molecule has 0 heterocycles. The summed E-state index contributed by atoms with van der Waals surface area (Å²) in [6.07, 6.45) is 0.967. The minimum atomic E-state index is 0.295. The molecule has 0 spiro atoms. The summed E-state index contributed by atoms with van der Waals surface area (Å²) in [6.45, 7) is 0.681. The SMILES string of the molecule is Oc1ccc(OCCCBr)c2ccccc12. The maximum atomic E-state index is 9.70. The van der Waals surface area contributed by atoms with Crippen molar-refractivity contribution >= 4 is 26.7 Å². The van der Waals surface area contributed by atoms with E-state index in [0.717, 1.165) is 28.3 Å². The van der Waals surface area contributed by atoms with Crippen molar-refractivity contribution in [3.63, 3.8) is 0 Å². The summed E-state index contributed by atoms with van der Waals surface area (Å²) in [5.74, 6) is 1.12. The second kappa shape index (κ2) is 5.21. The standard InChI is InChI=1S/C13H13BrO2/c14-8-3-9-16-13-7-6-12(15)10-4-1-2-5-11(10)13/h1-2,4-7,15H,3,8-9H2. The molecule has 84 valence electrons. The lowest BCUT2D eigenvalue weighted by Gasteiger charge is -2.09. The van der Waals surface area contributed by atoms with Crippen LogP contribution in [-0.2, 0) is 0 Å². The van der Waals surface area contributed by atoms with Gasteiger partial charge < -0.3 is 9.84 Å². The molecule has 0 bridgehead atoms. The maximum absolute atomic E-state index is 9.70. The molecule has 0 amide bonds. The molecule has 2 aromatic carbocycles. The molecule has 2 nitrogen and oxygen atoms in total. The van der Waals surface area contributed by atoms with Gasteiger partial charge in [-0.3, -0.25) is 0 Å². The number of phenols is 1. The van der Waals surface area contributed by atoms with Gasteiger partial charge in [-0.05, 0) is 18.6 Å². The largest absolute Gasteiger partial charge is 0.507 e. The van der Waals surface area contributed by atoms with Crippen LogP contribution in [0.25, 0.3) is 10.8 Å². The second-order valence-corrected chi connectivity index (χ2v) is 4.31. The van der Waals surface area contributed by atoms with Gasteiger partial charge in [-0.15, -0.1) is 0 Å². The quantitative estimate of drug-likeness (QED) is 0.683. The molecule has 0 aromatic heterocycles. The number of alkyl halides is 1. The first-order chi connectivity index (χ1) is 7.83. The molecule has 0 aliphatic carbocycles. The molecular formula is C13H13BrO2. The normalized spacial score (nSPS) is 10.6. The number of hydrogen-bond acceptors (Lipinski definition) is 2. The van der Waals surface area contributed by atoms with Crippen LogP contribution in [0.3, 0.4) is 0 Å². The maximum Gasteiger partial charge on any atom is 0.127 e. The van der Waals surface area contributed by atoms with Gasteiger partial charge in [0.2, 0.25) is 0 Å². The van der Waals surface area contributed by atoms with Crippen molar-refractivity contribution in [2.75, 3.05) is 11.9 Å². The summed E-state index contributed by atoms with van der Waals surface area (Å²) in [5.41, 5.74) is 0. The van der Waals surface area contributed by atoms with Crippen molar-refractivity contribution in [2.45, 2.75) is 6.42 Å². The number of rotatable bonds is 4. The Morgan fingerprint density at radius 3 is 2.56 bits per heavy atom. The summed E-state index contributed by atoms with van der Waals surface area (Å²) in [4.78, 5) is 0. The third-order valence-corrected chi connectivity index (χ3v) is 2.96. The van der Waals surface area contributed by atoms with Gasteiger partial charge in [-0.1, -0.05) is 40.2 Å². The lowest BCUT2D eigenvalue weighted by Crippen LogP contribution is -1.98. The van der Waals surface area contributed by atoms with Gasteiger partial charge in [0, 0.05) is 16.1 Å². The molecule has 0 saturated carbocycles. The van der Waals surface area contributed by atoms with E-state index in [1.54, 1.807) is 6.07 Å². The molecule has 0 aliphatic rings. The van der Waals surface area contributed by atoms with Crippen molar-refractivity contribution in [1.29, 1.82) is 0 Å². The molecule has 2 aromatic rings. The number of benzene rings is 2. The number of halogens is 1. The van der Waals surface area contributed by atoms with Gasteiger partial charge in [0.15, 0.2) is 0 Å². The van der Waals surface area contributed by atoms with Crippen LogP contribution in [0.2, 0.25) is 0 Å². The summed E-state index contributed by atoms with van der Waals surface area (Å²) in [6, 6.07) is 11.2. The van der Waals surface area contributed by atoms with Gasteiger partial charge in [0.1, 0.15) is 11.5 Å². The number of aromatic hydroxyl groups is 1. The number of hydrogen-bond donors (Lipinski definition) is 1. The van der Waals surface area contributed by atoms with Crippen LogP contribution in [0.5, 0.6) is 11.5 Å². The summed E-state index contributed by atoms with van der Waals surface area (Å²) in [5, 5.41) is 12.4. The van der Waals surface area contributed by atoms with E-state index in [2.05, 4.69) is 15.9 Å². The molecule has 1 N–H and O–H groups in total. The molecule has 0 unspecified atom stereocenters. The van der Waals surface area contributed by atoms with E-state index in [-0.39, 0.29) is 0 Å². The monoisotopic (exact) mass is 280 g/mol. The zero-order valence-corrected chi connectivity index (χ0v) is 10.4. The third-order valence-electron chi connectivity index (χ3n) is 2.40. The van der Waals surface area contributed by atoms with Crippen LogP contribution in [0, 0.1) is 0 Å². The fourth-order valence-electron chi connectivity index (χ4n) is 1.62. The summed E-state index contributed by atoms with van der Waals surface area (Å²) < 4.78 is 5.67. The number of ether oxygens (including phenoxy) is 1. The number of fused-ring (bicyclic) bond motifs is 1. The van der Waals surface area contributed by atoms with E-state index >= 15 is 0 Å². The first-order valence-corrected chi connectivity index (χ1v) is 6.34. The van der Waals surface area contributed by atoms with E-state index < -0.39 is 0 Å². The Hall–Kier alpha value is -1.22. The third kappa shape index (κ3) is 2.30. The fraction of sp³-hybridized carbons (Fsp3) is 0.231. The second-order valence-electron chi connectivity index (χ2n) is 3.52. The molecule has 2 rings (SSSR count). The Morgan fingerprint density at radius 2 is 1.81 bits per heavy atom. The number of phenolic OH excluding ortho intramolecular Hbond substituents is 1. The van der Waals surface area contributed by atoms with Crippen molar-refractivity contribution < 1.29 is 9.84 Å². The fourth-order valence-corrected chi connectivity index (χ4v) is 1.85. The zero-order chi connectivity index (χ0) is 11.4. The Bertz CT molecular complexity index is 482. The van der Waals surface area contributed by atoms with E-state index in [9.17, 15) is 5.11 Å². The molecule has 0 radical (unpaired) electrons. The van der Waals surface area contributed by atoms with Crippen molar-refractivity contribution in [3.05, 3.63) is 36.4 Å². The molecule has 0 fully saturated rings. The lowest BCUT2D eigenvalue weighted by molar-refractivity contribution is 0.322. The average molecular weight is 281 g/mol. The lowest BCUT2D eigenvalue weighted by atomic mass is 10.1. The Balaban J connectivity index is 2.35. The van der Waals surface area contributed by atoms with Gasteiger partial charge in [-0.25, -0.2) is 0 Å². The van der Waals surface area contributed by atoms with Crippen LogP contribution in [0.1, 0.15) is 6.42 Å². The minimum Gasteiger partial charge on any atom is -0.507 e. The molecule has 16 heavy (non-hydrogen) atoms. The Morgan fingerprint density at radius 1 is 1.06 bits per heavy atom. The van der Waals surface area contributed by atoms with E-state index in [0.29, 0.717) is 12.4 Å². The first kappa shape index (κ1) is 11.3. The van der Waals surface area contributed by atoms with Crippen molar-refractivity contribution in [2.24, 2.45) is 0 Å². The summed E-state index contributed by atoms with van der Waals surface area (Å²) >= 11 is 3.36. The van der Waals surface area contributed by atoms with Crippen LogP contribution in [0.15, 0.2) is 36.4 Å². The highest BCUT2D eigenvalue weighted by molar-refractivity contribution is 9.09. The Kier molecular flexibility index (Phi) is 3.67. The minimum absolute atomic E-state index is 0.295. The van der Waals surface area contributed by atoms with Gasteiger partial charge in [0.25, 0.3) is 0 Å². The highest BCUT2D eigenvalue weighted by atomic mass is 79.9. The smallest absolute Gasteiger partial charge is 0.127 e. The van der Waals surface area contributed by atoms with Crippen molar-refractivity contribution in [3.8, 4) is 11.5 Å². The highest BCUT2D eigenvalue weighted by Gasteiger charge is 2.04. The highest BCUT2D eigenvalue weighted by Crippen LogP contribution is 2.32. The zero-order valence-electron chi connectivity index (χ0n) is 8.82. The summed E-state index contributed by atoms with van der Waals surface area (Å²) in [7, 11) is 0. The van der Waals surface area contributed by atoms with Gasteiger partial charge >= 0.3 is 0 Å². The van der Waals surface area contributed by atoms with Crippen LogP contribution >= 0.6 is 15.9 Å². The van der Waals surface area contributed by atoms with Gasteiger partial charge in [-0.2, -0.15) is 0 Å². The predicted octanol–water partition coefficient (Wildman–Crippen LogP) is 3.71. The van der Waals surface area contributed by atoms with Gasteiger partial charge in [0.05, 0.1) is 6.61 Å². The van der Waals surface area contributed by atoms with E-state index in [1.807, 2.05) is 30.3 Å². The van der Waals surface area contributed by atoms with Crippen LogP contribution < -0.4 is 4.74 Å². The molecule has 0 aliphatic heterocycles. The molecule has 0 saturated heterocycles. The van der Waals surface area contributed by atoms with E-state index in [1.165, 1.54) is 0 Å². The van der Waals surface area contributed by atoms with Crippen LogP contribution in [0.4, 0.5) is 0 Å².